The number of fused-ring (bicyclic) bond motifs is 11. The molecule has 228 valence electrons. The van der Waals surface area contributed by atoms with Gasteiger partial charge in [0.15, 0.2) is 0 Å². The molecule has 0 radical (unpaired) electrons. The standard InChI is InChI=1S/C46H28N2O/c1-2-13-29(14-3-1)47-40-23-10-7-19-38(40)44-42(47)28-26-35-33-17-6-9-22-39(33)48(45(35)44)41-27-25-31(30-15-4-5-16-32(30)41)36-20-12-21-37-34-18-8-11-24-43(34)49-46(36)37/h1-28H. The summed E-state index contributed by atoms with van der Waals surface area (Å²) in [6.07, 6.45) is 0. The Hall–Kier alpha value is -6.58. The smallest absolute Gasteiger partial charge is 0.143 e. The van der Waals surface area contributed by atoms with E-state index in [1.807, 2.05) is 6.07 Å². The van der Waals surface area contributed by atoms with Crippen LogP contribution in [0.4, 0.5) is 0 Å². The molecule has 0 aliphatic rings. The second-order valence-corrected chi connectivity index (χ2v) is 12.9. The fourth-order valence-corrected chi connectivity index (χ4v) is 8.29. The van der Waals surface area contributed by atoms with Gasteiger partial charge in [-0.05, 0) is 53.4 Å². The first kappa shape index (κ1) is 26.5. The molecule has 0 spiro atoms. The topological polar surface area (TPSA) is 23.0 Å². The van der Waals surface area contributed by atoms with E-state index in [9.17, 15) is 0 Å². The summed E-state index contributed by atoms with van der Waals surface area (Å²) in [6.45, 7) is 0. The van der Waals surface area contributed by atoms with E-state index in [1.165, 1.54) is 54.4 Å². The van der Waals surface area contributed by atoms with Crippen LogP contribution in [-0.4, -0.2) is 9.13 Å². The molecule has 3 heterocycles. The number of aromatic nitrogens is 2. The summed E-state index contributed by atoms with van der Waals surface area (Å²) in [5.74, 6) is 0. The zero-order valence-electron chi connectivity index (χ0n) is 26.5. The molecular weight excluding hydrogens is 597 g/mol. The minimum Gasteiger partial charge on any atom is -0.455 e. The van der Waals surface area contributed by atoms with Crippen molar-refractivity contribution in [3.8, 4) is 22.5 Å². The van der Waals surface area contributed by atoms with Crippen molar-refractivity contribution >= 4 is 76.3 Å². The van der Waals surface area contributed by atoms with Crippen LogP contribution in [0.15, 0.2) is 174 Å². The zero-order valence-corrected chi connectivity index (χ0v) is 26.5. The largest absolute Gasteiger partial charge is 0.455 e. The van der Waals surface area contributed by atoms with Crippen molar-refractivity contribution in [2.24, 2.45) is 0 Å². The van der Waals surface area contributed by atoms with E-state index in [4.69, 9.17) is 4.42 Å². The van der Waals surface area contributed by atoms with E-state index in [2.05, 4.69) is 173 Å². The van der Waals surface area contributed by atoms with Crippen LogP contribution >= 0.6 is 0 Å². The normalized spacial score (nSPS) is 12.1. The molecule has 49 heavy (non-hydrogen) atoms. The van der Waals surface area contributed by atoms with Crippen LogP contribution in [-0.2, 0) is 0 Å². The third-order valence-electron chi connectivity index (χ3n) is 10.3. The molecule has 11 aromatic rings. The Kier molecular flexibility index (Phi) is 5.38. The lowest BCUT2D eigenvalue weighted by Crippen LogP contribution is -1.97. The van der Waals surface area contributed by atoms with Crippen LogP contribution in [0.2, 0.25) is 0 Å². The molecule has 0 saturated heterocycles. The van der Waals surface area contributed by atoms with Crippen molar-refractivity contribution in [3.05, 3.63) is 170 Å². The van der Waals surface area contributed by atoms with E-state index >= 15 is 0 Å². The van der Waals surface area contributed by atoms with Crippen LogP contribution in [0, 0.1) is 0 Å². The Morgan fingerprint density at radius 2 is 1.00 bits per heavy atom. The fraction of sp³-hybridized carbons (Fsp3) is 0. The maximum Gasteiger partial charge on any atom is 0.143 e. The molecule has 0 bridgehead atoms. The Morgan fingerprint density at radius 1 is 0.347 bits per heavy atom. The molecule has 0 N–H and O–H groups in total. The summed E-state index contributed by atoms with van der Waals surface area (Å²) in [4.78, 5) is 0. The Labute approximate surface area is 281 Å². The highest BCUT2D eigenvalue weighted by Crippen LogP contribution is 2.45. The summed E-state index contributed by atoms with van der Waals surface area (Å²) in [5, 5.41) is 9.67. The average molecular weight is 625 g/mol. The first-order valence-electron chi connectivity index (χ1n) is 16.8. The van der Waals surface area contributed by atoms with E-state index in [1.54, 1.807) is 0 Å². The molecule has 0 amide bonds. The van der Waals surface area contributed by atoms with Crippen LogP contribution < -0.4 is 0 Å². The van der Waals surface area contributed by atoms with E-state index in [0.717, 1.165) is 44.4 Å². The number of hydrogen-bond acceptors (Lipinski definition) is 1. The van der Waals surface area contributed by atoms with Gasteiger partial charge in [0.25, 0.3) is 0 Å². The summed E-state index contributed by atoms with van der Waals surface area (Å²) in [5.41, 5.74) is 11.2. The molecule has 0 atom stereocenters. The summed E-state index contributed by atoms with van der Waals surface area (Å²) in [6, 6.07) is 61.2. The van der Waals surface area contributed by atoms with Crippen molar-refractivity contribution < 1.29 is 4.42 Å². The molecule has 0 fully saturated rings. The Bertz CT molecular complexity index is 3100. The third-order valence-corrected chi connectivity index (χ3v) is 10.3. The van der Waals surface area contributed by atoms with Crippen LogP contribution in [0.25, 0.3) is 98.8 Å². The van der Waals surface area contributed by atoms with Crippen molar-refractivity contribution in [2.75, 3.05) is 0 Å². The van der Waals surface area contributed by atoms with E-state index < -0.39 is 0 Å². The van der Waals surface area contributed by atoms with Gasteiger partial charge in [0.2, 0.25) is 0 Å². The molecule has 3 aromatic heterocycles. The number of rotatable bonds is 3. The lowest BCUT2D eigenvalue weighted by atomic mass is 9.95. The number of hydrogen-bond donors (Lipinski definition) is 0. The van der Waals surface area contributed by atoms with Gasteiger partial charge in [0.1, 0.15) is 11.2 Å². The van der Waals surface area contributed by atoms with Crippen molar-refractivity contribution in [1.82, 2.24) is 9.13 Å². The lowest BCUT2D eigenvalue weighted by Gasteiger charge is -2.15. The summed E-state index contributed by atoms with van der Waals surface area (Å²) >= 11 is 0. The van der Waals surface area contributed by atoms with Gasteiger partial charge in [-0.1, -0.05) is 127 Å². The fourth-order valence-electron chi connectivity index (χ4n) is 8.29. The van der Waals surface area contributed by atoms with Gasteiger partial charge in [-0.3, -0.25) is 0 Å². The minimum atomic E-state index is 0.912. The highest BCUT2D eigenvalue weighted by Gasteiger charge is 2.22. The van der Waals surface area contributed by atoms with Gasteiger partial charge in [-0.15, -0.1) is 0 Å². The molecular formula is C46H28N2O. The van der Waals surface area contributed by atoms with Crippen molar-refractivity contribution in [2.45, 2.75) is 0 Å². The monoisotopic (exact) mass is 624 g/mol. The van der Waals surface area contributed by atoms with E-state index in [0.29, 0.717) is 0 Å². The van der Waals surface area contributed by atoms with Gasteiger partial charge < -0.3 is 13.6 Å². The van der Waals surface area contributed by atoms with Crippen LogP contribution in [0.5, 0.6) is 0 Å². The number of para-hydroxylation sites is 5. The van der Waals surface area contributed by atoms with Crippen LogP contribution in [0.3, 0.4) is 0 Å². The lowest BCUT2D eigenvalue weighted by molar-refractivity contribution is 0.670. The second-order valence-electron chi connectivity index (χ2n) is 12.9. The van der Waals surface area contributed by atoms with Crippen LogP contribution in [0.1, 0.15) is 0 Å². The minimum absolute atomic E-state index is 0.912. The van der Waals surface area contributed by atoms with Gasteiger partial charge in [0.05, 0.1) is 27.8 Å². The average Bonchev–Trinajstić information content (AvgIpc) is 3.83. The molecule has 0 aliphatic carbocycles. The predicted molar refractivity (Wildman–Crippen MR) is 205 cm³/mol. The number of furan rings is 1. The predicted octanol–water partition coefficient (Wildman–Crippen LogP) is 12.6. The molecule has 0 aliphatic heterocycles. The molecule has 3 heteroatoms. The molecule has 3 nitrogen and oxygen atoms in total. The van der Waals surface area contributed by atoms with E-state index in [-0.39, 0.29) is 0 Å². The highest BCUT2D eigenvalue weighted by atomic mass is 16.3. The second kappa shape index (κ2) is 9.96. The first-order valence-corrected chi connectivity index (χ1v) is 16.8. The van der Waals surface area contributed by atoms with Gasteiger partial charge >= 0.3 is 0 Å². The SMILES string of the molecule is c1ccc(-n2c3ccccc3c3c2ccc2c4ccccc4n(-c4ccc(-c5cccc6c5oc5ccccc56)c5ccccc45)c23)cc1. The maximum absolute atomic E-state index is 6.53. The Morgan fingerprint density at radius 3 is 1.84 bits per heavy atom. The number of benzene rings is 8. The van der Waals surface area contributed by atoms with Gasteiger partial charge in [0, 0.05) is 49.0 Å². The molecule has 8 aromatic carbocycles. The zero-order chi connectivity index (χ0) is 32.1. The van der Waals surface area contributed by atoms with Gasteiger partial charge in [-0.25, -0.2) is 0 Å². The molecule has 0 unspecified atom stereocenters. The van der Waals surface area contributed by atoms with Crippen molar-refractivity contribution in [3.63, 3.8) is 0 Å². The first-order chi connectivity index (χ1) is 24.3. The maximum atomic E-state index is 6.53. The third kappa shape index (κ3) is 3.62. The summed E-state index contributed by atoms with van der Waals surface area (Å²) < 4.78 is 11.4. The van der Waals surface area contributed by atoms with Crippen molar-refractivity contribution in [1.29, 1.82) is 0 Å². The van der Waals surface area contributed by atoms with Gasteiger partial charge in [-0.2, -0.15) is 0 Å². The highest BCUT2D eigenvalue weighted by molar-refractivity contribution is 6.26. The molecule has 11 rings (SSSR count). The number of nitrogens with zero attached hydrogens (tertiary/aromatic N) is 2. The summed E-state index contributed by atoms with van der Waals surface area (Å²) in [7, 11) is 0. The molecule has 0 saturated carbocycles. The Balaban J connectivity index is 1.27. The quantitative estimate of drug-likeness (QED) is 0.192.